The van der Waals surface area contributed by atoms with E-state index in [4.69, 9.17) is 9.78 Å². The molecule has 0 aliphatic carbocycles. The zero-order valence-corrected chi connectivity index (χ0v) is 32.4. The first-order chi connectivity index (χ1) is 26.6. The summed E-state index contributed by atoms with van der Waals surface area (Å²) < 4.78 is 29.4. The van der Waals surface area contributed by atoms with Crippen molar-refractivity contribution in [2.45, 2.75) is 65.7 Å². The molecular formula is C44H47F2N5O3S. The highest BCUT2D eigenvalue weighted by molar-refractivity contribution is 7.19. The minimum absolute atomic E-state index is 0.0274. The Morgan fingerprint density at radius 2 is 1.64 bits per heavy atom. The van der Waals surface area contributed by atoms with Gasteiger partial charge in [-0.25, -0.2) is 13.8 Å². The van der Waals surface area contributed by atoms with Crippen molar-refractivity contribution in [1.29, 1.82) is 0 Å². The third-order valence-electron chi connectivity index (χ3n) is 10.4. The largest absolute Gasteiger partial charge is 0.372 e. The highest BCUT2D eigenvalue weighted by atomic mass is 32.1. The number of carbonyl (C=O) groups is 3. The van der Waals surface area contributed by atoms with E-state index in [1.54, 1.807) is 29.2 Å². The molecule has 4 heterocycles. The number of thiophene rings is 1. The maximum absolute atomic E-state index is 14.7. The van der Waals surface area contributed by atoms with Crippen molar-refractivity contribution in [2.24, 2.45) is 11.1 Å². The molecule has 7 rings (SSSR count). The van der Waals surface area contributed by atoms with Crippen molar-refractivity contribution < 1.29 is 23.2 Å². The van der Waals surface area contributed by atoms with Crippen LogP contribution in [0.25, 0.3) is 20.9 Å². The van der Waals surface area contributed by atoms with Crippen molar-refractivity contribution in [3.05, 3.63) is 119 Å². The van der Waals surface area contributed by atoms with Crippen LogP contribution in [0.4, 0.5) is 26.0 Å². The van der Waals surface area contributed by atoms with E-state index in [0.29, 0.717) is 34.7 Å². The van der Waals surface area contributed by atoms with Crippen LogP contribution in [-0.2, 0) is 11.2 Å². The minimum atomic E-state index is -0.597. The average molecular weight is 764 g/mol. The molecule has 3 aromatic carbocycles. The molecule has 2 aliphatic rings. The fourth-order valence-corrected chi connectivity index (χ4v) is 9.10. The second kappa shape index (κ2) is 17.4. The van der Waals surface area contributed by atoms with Gasteiger partial charge in [0.05, 0.1) is 16.8 Å². The summed E-state index contributed by atoms with van der Waals surface area (Å²) in [6.07, 6.45) is 8.00. The molecule has 3 N–H and O–H groups in total. The highest BCUT2D eigenvalue weighted by Crippen LogP contribution is 2.46. The van der Waals surface area contributed by atoms with Crippen molar-refractivity contribution in [3.63, 3.8) is 0 Å². The molecule has 55 heavy (non-hydrogen) atoms. The predicted molar refractivity (Wildman–Crippen MR) is 218 cm³/mol. The number of nitrogens with zero attached hydrogens (tertiary/aromatic N) is 3. The van der Waals surface area contributed by atoms with Gasteiger partial charge >= 0.3 is 0 Å². The SMILES string of the molecule is CCCCCC1(CCC)CN(c2nc(C)ccc2C(=O)Nc2ccc(C(=O)N3CCc4cc(-c5c(F)cccc5F)sc4-c4ccccc43)cc2)C1.NC=O. The number of para-hydroxylation sites is 1. The monoisotopic (exact) mass is 763 g/mol. The molecule has 0 radical (unpaired) electrons. The van der Waals surface area contributed by atoms with Gasteiger partial charge in [-0.1, -0.05) is 63.8 Å². The van der Waals surface area contributed by atoms with Gasteiger partial charge < -0.3 is 20.9 Å². The molecular weight excluding hydrogens is 717 g/mol. The first-order valence-corrected chi connectivity index (χ1v) is 19.7. The second-order valence-electron chi connectivity index (χ2n) is 14.3. The van der Waals surface area contributed by atoms with Gasteiger partial charge in [0.25, 0.3) is 11.8 Å². The molecule has 8 nitrogen and oxygen atoms in total. The summed E-state index contributed by atoms with van der Waals surface area (Å²) in [6.45, 7) is 8.66. The number of halogens is 2. The molecule has 0 atom stereocenters. The third kappa shape index (κ3) is 8.47. The molecule has 2 aliphatic heterocycles. The molecule has 0 unspecified atom stereocenters. The van der Waals surface area contributed by atoms with Gasteiger partial charge in [0.15, 0.2) is 0 Å². The normalized spacial score (nSPS) is 14.1. The lowest BCUT2D eigenvalue weighted by molar-refractivity contribution is -0.106. The fraction of sp³-hybridized carbons (Fsp3) is 0.318. The Morgan fingerprint density at radius 1 is 0.927 bits per heavy atom. The summed E-state index contributed by atoms with van der Waals surface area (Å²) in [5, 5.41) is 3.03. The topological polar surface area (TPSA) is 109 Å². The van der Waals surface area contributed by atoms with Crippen molar-refractivity contribution in [2.75, 3.05) is 34.8 Å². The Kier molecular flexibility index (Phi) is 12.4. The lowest BCUT2D eigenvalue weighted by atomic mass is 9.72. The number of hydrogen-bond acceptors (Lipinski definition) is 6. The number of hydrogen-bond donors (Lipinski definition) is 2. The molecule has 11 heteroatoms. The number of nitrogens with two attached hydrogens (primary N) is 1. The molecule has 0 bridgehead atoms. The van der Waals surface area contributed by atoms with E-state index in [1.165, 1.54) is 61.6 Å². The number of rotatable bonds is 11. The number of aryl methyl sites for hydroxylation is 1. The van der Waals surface area contributed by atoms with Crippen LogP contribution in [-0.4, -0.2) is 42.8 Å². The van der Waals surface area contributed by atoms with Crippen molar-refractivity contribution in [3.8, 4) is 20.9 Å². The Labute approximate surface area is 325 Å². The van der Waals surface area contributed by atoms with Crippen molar-refractivity contribution >= 4 is 46.8 Å². The van der Waals surface area contributed by atoms with E-state index in [2.05, 4.69) is 29.8 Å². The van der Waals surface area contributed by atoms with Crippen LogP contribution in [0.15, 0.2) is 84.9 Å². The standard InChI is InChI=1S/C43H44F2N4O2S.CH3NO/c1-4-6-9-23-43(22-5-2)26-48(27-43)40-33(20-15-28(3)46-40)41(50)47-31-18-16-29(17-19-31)42(51)49-24-21-30-25-37(38-34(44)12-10-13-35(38)45)52-39(30)32-11-7-8-14-36(32)49;2-1-3/h7-8,10-20,25H,4-6,9,21-24,26-27H2,1-3H3,(H,47,50);1H,(H2,2,3). The summed E-state index contributed by atoms with van der Waals surface area (Å²) in [7, 11) is 0. The Hall–Kier alpha value is -5.42. The number of anilines is 3. The minimum Gasteiger partial charge on any atom is -0.372 e. The van der Waals surface area contributed by atoms with Crippen LogP contribution < -0.4 is 20.9 Å². The fourth-order valence-electron chi connectivity index (χ4n) is 7.81. The number of nitrogens with one attached hydrogen (secondary N) is 1. The van der Waals surface area contributed by atoms with E-state index in [9.17, 15) is 18.4 Å². The zero-order valence-electron chi connectivity index (χ0n) is 31.5. The number of aromatic nitrogens is 1. The maximum Gasteiger partial charge on any atom is 0.259 e. The first kappa shape index (κ1) is 39.3. The Morgan fingerprint density at radius 3 is 2.33 bits per heavy atom. The highest BCUT2D eigenvalue weighted by Gasteiger charge is 2.43. The number of carbonyl (C=O) groups excluding carboxylic acids is 3. The maximum atomic E-state index is 14.7. The molecule has 3 amide bonds. The van der Waals surface area contributed by atoms with E-state index in [0.717, 1.165) is 52.7 Å². The smallest absolute Gasteiger partial charge is 0.259 e. The molecule has 1 fully saturated rings. The lowest BCUT2D eigenvalue weighted by Crippen LogP contribution is -2.57. The van der Waals surface area contributed by atoms with Crippen LogP contribution in [0, 0.1) is 24.0 Å². The lowest BCUT2D eigenvalue weighted by Gasteiger charge is -2.52. The molecule has 286 valence electrons. The van der Waals surface area contributed by atoms with Crippen LogP contribution >= 0.6 is 11.3 Å². The summed E-state index contributed by atoms with van der Waals surface area (Å²) in [5.41, 5.74) is 9.44. The van der Waals surface area contributed by atoms with Crippen molar-refractivity contribution in [1.82, 2.24) is 4.98 Å². The van der Waals surface area contributed by atoms with Crippen LogP contribution in [0.1, 0.15) is 84.3 Å². The number of unbranched alkanes of at least 4 members (excludes halogenated alkanes) is 2. The first-order valence-electron chi connectivity index (χ1n) is 18.9. The van der Waals surface area contributed by atoms with Gasteiger partial charge in [-0.3, -0.25) is 14.4 Å². The van der Waals surface area contributed by atoms with Gasteiger partial charge in [0.1, 0.15) is 17.5 Å². The molecule has 2 aromatic heterocycles. The van der Waals surface area contributed by atoms with Crippen LogP contribution in [0.3, 0.4) is 0 Å². The summed E-state index contributed by atoms with van der Waals surface area (Å²) in [5.74, 6) is -0.869. The number of pyridine rings is 1. The average Bonchev–Trinajstić information content (AvgIpc) is 3.50. The predicted octanol–water partition coefficient (Wildman–Crippen LogP) is 9.81. The van der Waals surface area contributed by atoms with Gasteiger partial charge in [0.2, 0.25) is 6.41 Å². The molecule has 0 saturated carbocycles. The Balaban J connectivity index is 0.00000166. The van der Waals surface area contributed by atoms with Gasteiger partial charge in [-0.05, 0) is 92.4 Å². The van der Waals surface area contributed by atoms with Gasteiger partial charge in [-0.15, -0.1) is 11.3 Å². The summed E-state index contributed by atoms with van der Waals surface area (Å²) >= 11 is 1.34. The molecule has 5 aromatic rings. The van der Waals surface area contributed by atoms with E-state index in [1.807, 2.05) is 49.4 Å². The second-order valence-corrected chi connectivity index (χ2v) is 15.4. The third-order valence-corrected chi connectivity index (χ3v) is 11.6. The summed E-state index contributed by atoms with van der Waals surface area (Å²) in [6, 6.07) is 24.1. The van der Waals surface area contributed by atoms with Crippen LogP contribution in [0.2, 0.25) is 0 Å². The van der Waals surface area contributed by atoms with E-state index >= 15 is 0 Å². The Bertz CT molecular complexity index is 2140. The number of benzene rings is 3. The van der Waals surface area contributed by atoms with Crippen LogP contribution in [0.5, 0.6) is 0 Å². The molecule has 0 spiro atoms. The number of fused-ring (bicyclic) bond motifs is 3. The van der Waals surface area contributed by atoms with Gasteiger partial charge in [0, 0.05) is 57.3 Å². The summed E-state index contributed by atoms with van der Waals surface area (Å²) in [4.78, 5) is 46.5. The zero-order chi connectivity index (χ0) is 39.1. The quantitative estimate of drug-likeness (QED) is 0.103. The van der Waals surface area contributed by atoms with E-state index in [-0.39, 0.29) is 29.2 Å². The van der Waals surface area contributed by atoms with Gasteiger partial charge in [-0.2, -0.15) is 0 Å². The van der Waals surface area contributed by atoms with E-state index < -0.39 is 11.6 Å². The molecule has 1 saturated heterocycles. The number of amides is 3. The number of primary amides is 1.